The van der Waals surface area contributed by atoms with Gasteiger partial charge in [0.05, 0.1) is 60.3 Å². The van der Waals surface area contributed by atoms with Gasteiger partial charge in [0, 0.05) is 12.7 Å². The fraction of sp³-hybridized carbons (Fsp3) is 0.400. The van der Waals surface area contributed by atoms with Crippen LogP contribution < -0.4 is 21.3 Å². The Kier molecular flexibility index (Phi) is 9.32. The number of alkyl halides is 3. The Hall–Kier alpha value is -4.24. The number of anilines is 1. The highest BCUT2D eigenvalue weighted by Gasteiger charge is 2.34. The number of benzene rings is 1. The van der Waals surface area contributed by atoms with Crippen molar-refractivity contribution in [2.75, 3.05) is 25.0 Å². The molecule has 1 unspecified atom stereocenters. The number of carboxylic acid groups (broad SMARTS) is 1. The van der Waals surface area contributed by atoms with E-state index in [0.717, 1.165) is 6.07 Å². The summed E-state index contributed by atoms with van der Waals surface area (Å²) in [5.41, 5.74) is -2.63. The number of aromatic nitrogens is 1. The highest BCUT2D eigenvalue weighted by molar-refractivity contribution is 5.99. The molecule has 2 heterocycles. The average Bonchev–Trinajstić information content (AvgIpc) is 2.87. The summed E-state index contributed by atoms with van der Waals surface area (Å²) in [5, 5.41) is 39.5. The predicted octanol–water partition coefficient (Wildman–Crippen LogP) is 1.12. The number of guanidine groups is 1. The normalized spacial score (nSPS) is 16.3. The van der Waals surface area contributed by atoms with Crippen LogP contribution in [-0.2, 0) is 21.4 Å². The fourth-order valence-electron chi connectivity index (χ4n) is 3.69. The lowest BCUT2D eigenvalue weighted by Crippen LogP contribution is -2.42. The van der Waals surface area contributed by atoms with Crippen LogP contribution >= 0.6 is 0 Å². The molecule has 0 saturated heterocycles. The number of hydrogen-bond acceptors (Lipinski definition) is 9. The number of amides is 2. The molecule has 3 rings (SSSR count). The van der Waals surface area contributed by atoms with Crippen molar-refractivity contribution < 1.29 is 42.9 Å². The van der Waals surface area contributed by atoms with Gasteiger partial charge in [0.1, 0.15) is 0 Å². The lowest BCUT2D eigenvalue weighted by Gasteiger charge is -2.24. The number of carbonyl (C=O) groups excluding carboxylic acids is 2. The molecule has 1 aliphatic rings. The SMILES string of the molecule is CC(C)(O)c1cc([C@H](CC(=O)O)NC(=O)CNC(=O)c2cncc(NC3=NCC(O)CN3)c2)cc(C(F)(F)F)c1. The van der Waals surface area contributed by atoms with Gasteiger partial charge in [-0.1, -0.05) is 6.07 Å². The number of hydrogen-bond donors (Lipinski definition) is 7. The van der Waals surface area contributed by atoms with Gasteiger partial charge in [-0.2, -0.15) is 13.2 Å². The molecule has 216 valence electrons. The van der Waals surface area contributed by atoms with Crippen molar-refractivity contribution in [3.8, 4) is 0 Å². The molecule has 7 N–H and O–H groups in total. The Morgan fingerprint density at radius 1 is 1.12 bits per heavy atom. The topological polar surface area (TPSA) is 185 Å². The molecule has 1 aromatic carbocycles. The molecule has 1 aliphatic heterocycles. The van der Waals surface area contributed by atoms with Crippen molar-refractivity contribution in [2.45, 2.75) is 44.2 Å². The van der Waals surface area contributed by atoms with Gasteiger partial charge in [0.2, 0.25) is 5.91 Å². The Balaban J connectivity index is 1.71. The minimum Gasteiger partial charge on any atom is -0.481 e. The lowest BCUT2D eigenvalue weighted by atomic mass is 9.91. The third-order valence-electron chi connectivity index (χ3n) is 5.74. The number of pyridine rings is 1. The third-order valence-corrected chi connectivity index (χ3v) is 5.74. The number of nitrogens with zero attached hydrogens (tertiary/aromatic N) is 2. The van der Waals surface area contributed by atoms with E-state index >= 15 is 0 Å². The summed E-state index contributed by atoms with van der Waals surface area (Å²) in [6.45, 7) is 2.42. The number of β-amino-alcohol motifs (C(OH)–C–C–N with tert-alkyl or cyclic N) is 1. The first-order valence-corrected chi connectivity index (χ1v) is 12.0. The number of aliphatic hydroxyl groups excluding tert-OH is 1. The summed E-state index contributed by atoms with van der Waals surface area (Å²) in [5.74, 6) is -2.57. The summed E-state index contributed by atoms with van der Waals surface area (Å²) in [4.78, 5) is 44.7. The summed E-state index contributed by atoms with van der Waals surface area (Å²) >= 11 is 0. The molecule has 0 fully saturated rings. The van der Waals surface area contributed by atoms with Crippen LogP contribution in [0.25, 0.3) is 0 Å². The largest absolute Gasteiger partial charge is 0.481 e. The molecule has 1 aromatic heterocycles. The van der Waals surface area contributed by atoms with Crippen molar-refractivity contribution >= 4 is 29.4 Å². The quantitative estimate of drug-likeness (QED) is 0.234. The van der Waals surface area contributed by atoms with Gasteiger partial charge >= 0.3 is 12.1 Å². The van der Waals surface area contributed by atoms with E-state index in [0.29, 0.717) is 17.7 Å². The van der Waals surface area contributed by atoms with Crippen molar-refractivity contribution in [1.82, 2.24) is 20.9 Å². The van der Waals surface area contributed by atoms with Gasteiger partial charge in [-0.05, 0) is 43.2 Å². The zero-order valence-corrected chi connectivity index (χ0v) is 21.5. The second kappa shape index (κ2) is 12.3. The number of aliphatic hydroxyl groups is 2. The number of nitrogens with one attached hydrogen (secondary N) is 4. The molecule has 2 amide bonds. The van der Waals surface area contributed by atoms with E-state index in [2.05, 4.69) is 31.2 Å². The van der Waals surface area contributed by atoms with E-state index in [1.165, 1.54) is 38.4 Å². The first kappa shape index (κ1) is 30.3. The van der Waals surface area contributed by atoms with Crippen molar-refractivity contribution in [3.05, 3.63) is 58.9 Å². The second-order valence-corrected chi connectivity index (χ2v) is 9.61. The number of aliphatic imine (C=N–C) groups is 1. The first-order valence-electron chi connectivity index (χ1n) is 12.0. The summed E-state index contributed by atoms with van der Waals surface area (Å²) in [6.07, 6.45) is -3.49. The number of aliphatic carboxylic acids is 1. The Morgan fingerprint density at radius 3 is 2.42 bits per heavy atom. The second-order valence-electron chi connectivity index (χ2n) is 9.61. The van der Waals surface area contributed by atoms with Crippen LogP contribution in [0.15, 0.2) is 41.7 Å². The highest BCUT2D eigenvalue weighted by atomic mass is 19.4. The number of carboxylic acids is 1. The predicted molar refractivity (Wildman–Crippen MR) is 136 cm³/mol. The smallest absolute Gasteiger partial charge is 0.416 e. The molecule has 0 radical (unpaired) electrons. The maximum absolute atomic E-state index is 13.5. The first-order chi connectivity index (χ1) is 18.6. The monoisotopic (exact) mass is 566 g/mol. The van der Waals surface area contributed by atoms with Gasteiger partial charge in [0.15, 0.2) is 5.96 Å². The fourth-order valence-corrected chi connectivity index (χ4v) is 3.69. The molecule has 2 atom stereocenters. The highest BCUT2D eigenvalue weighted by Crippen LogP contribution is 2.35. The van der Waals surface area contributed by atoms with Gasteiger partial charge in [-0.15, -0.1) is 0 Å². The van der Waals surface area contributed by atoms with Crippen molar-refractivity contribution in [3.63, 3.8) is 0 Å². The van der Waals surface area contributed by atoms with E-state index in [1.54, 1.807) is 0 Å². The van der Waals surface area contributed by atoms with E-state index in [4.69, 9.17) is 0 Å². The van der Waals surface area contributed by atoms with Crippen LogP contribution in [0.4, 0.5) is 18.9 Å². The maximum atomic E-state index is 13.5. The van der Waals surface area contributed by atoms with E-state index < -0.39 is 60.2 Å². The number of rotatable bonds is 9. The van der Waals surface area contributed by atoms with Gasteiger partial charge < -0.3 is 36.6 Å². The van der Waals surface area contributed by atoms with Crippen LogP contribution in [0.1, 0.15) is 53.4 Å². The molecule has 15 heteroatoms. The van der Waals surface area contributed by atoms with Crippen LogP contribution in [0.2, 0.25) is 0 Å². The molecule has 0 spiro atoms. The average molecular weight is 567 g/mol. The molecule has 0 aliphatic carbocycles. The van der Waals surface area contributed by atoms with Crippen molar-refractivity contribution in [2.24, 2.45) is 4.99 Å². The lowest BCUT2D eigenvalue weighted by molar-refractivity contribution is -0.138. The molecule has 40 heavy (non-hydrogen) atoms. The minimum atomic E-state index is -4.79. The molecular weight excluding hydrogens is 537 g/mol. The minimum absolute atomic E-state index is 0.0732. The summed E-state index contributed by atoms with van der Waals surface area (Å²) in [7, 11) is 0. The zero-order valence-electron chi connectivity index (χ0n) is 21.5. The molecule has 12 nitrogen and oxygen atoms in total. The van der Waals surface area contributed by atoms with Crippen LogP contribution in [0.5, 0.6) is 0 Å². The number of carbonyl (C=O) groups is 3. The Labute approximate surface area is 226 Å². The van der Waals surface area contributed by atoms with E-state index in [9.17, 15) is 42.9 Å². The third kappa shape index (κ3) is 8.64. The van der Waals surface area contributed by atoms with Crippen LogP contribution in [0, 0.1) is 0 Å². The van der Waals surface area contributed by atoms with E-state index in [-0.39, 0.29) is 29.8 Å². The molecule has 0 bridgehead atoms. The zero-order chi connectivity index (χ0) is 29.7. The van der Waals surface area contributed by atoms with Gasteiger partial charge in [-0.25, -0.2) is 0 Å². The Morgan fingerprint density at radius 2 is 1.82 bits per heavy atom. The molecule has 0 saturated carbocycles. The van der Waals surface area contributed by atoms with Crippen LogP contribution in [-0.4, -0.2) is 69.8 Å². The van der Waals surface area contributed by atoms with Gasteiger partial charge in [0.25, 0.3) is 5.91 Å². The van der Waals surface area contributed by atoms with E-state index in [1.807, 2.05) is 0 Å². The Bertz CT molecular complexity index is 1260. The molecular formula is C25H29F3N6O6. The maximum Gasteiger partial charge on any atom is 0.416 e. The summed E-state index contributed by atoms with van der Waals surface area (Å²) < 4.78 is 40.5. The van der Waals surface area contributed by atoms with Gasteiger partial charge in [-0.3, -0.25) is 24.4 Å². The standard InChI is InChI=1S/C25H29F3N6O6/c1-24(2,40)15-3-13(4-16(6-15)25(26,27)28)19(7-21(37)38)34-20(36)12-30-22(39)14-5-17(9-29-8-14)33-23-31-10-18(35)11-32-23/h3-6,8-9,18-19,35,40H,7,10-12H2,1-2H3,(H,30,39)(H,34,36)(H,37,38)(H2,31,32,33)/t19-/m0/s1. The molecule has 2 aromatic rings. The van der Waals surface area contributed by atoms with Crippen molar-refractivity contribution in [1.29, 1.82) is 0 Å². The summed E-state index contributed by atoms with van der Waals surface area (Å²) in [6, 6.07) is 2.70. The van der Waals surface area contributed by atoms with Crippen LogP contribution in [0.3, 0.4) is 0 Å². The number of halogens is 3.